The van der Waals surface area contributed by atoms with Crippen molar-refractivity contribution in [2.24, 2.45) is 11.8 Å². The molecule has 288 valence electrons. The van der Waals surface area contributed by atoms with Crippen LogP contribution in [-0.4, -0.2) is 73.3 Å². The summed E-state index contributed by atoms with van der Waals surface area (Å²) in [6.45, 7) is 7.20. The molecule has 0 bridgehead atoms. The van der Waals surface area contributed by atoms with Gasteiger partial charge in [0.15, 0.2) is 0 Å². The minimum Gasteiger partial charge on any atom is -0.478 e. The Kier molecular flexibility index (Phi) is 14.3. The van der Waals surface area contributed by atoms with Crippen molar-refractivity contribution >= 4 is 50.2 Å². The summed E-state index contributed by atoms with van der Waals surface area (Å²) in [6.07, 6.45) is -0.366. The van der Waals surface area contributed by atoms with Gasteiger partial charge in [-0.2, -0.15) is 0 Å². The summed E-state index contributed by atoms with van der Waals surface area (Å²) in [4.78, 5) is 50.3. The second kappa shape index (κ2) is 18.7. The van der Waals surface area contributed by atoms with E-state index in [0.717, 1.165) is 16.3 Å². The molecule has 13 heteroatoms. The highest BCUT2D eigenvalue weighted by Crippen LogP contribution is 2.23. The quantitative estimate of drug-likeness (QED) is 0.0950. The molecule has 3 amide bonds. The van der Waals surface area contributed by atoms with E-state index in [0.29, 0.717) is 24.1 Å². The summed E-state index contributed by atoms with van der Waals surface area (Å²) in [5, 5.41) is 30.6. The van der Waals surface area contributed by atoms with Crippen molar-refractivity contribution < 1.29 is 37.8 Å². The first kappa shape index (κ1) is 41.5. The fraction of sp³-hybridized carbons (Fsp3) is 0.366. The number of hydrogen-bond acceptors (Lipinski definition) is 7. The number of aryl methyl sites for hydroxylation is 1. The number of aliphatic hydroxyl groups excluding tert-OH is 1. The number of rotatable bonds is 18. The number of benzene rings is 4. The number of aromatic carboxylic acids is 1. The average molecular weight is 759 g/mol. The Morgan fingerprint density at radius 3 is 2.13 bits per heavy atom. The van der Waals surface area contributed by atoms with Crippen molar-refractivity contribution in [1.82, 2.24) is 16.0 Å². The smallest absolute Gasteiger partial charge is 0.335 e. The molecular weight excluding hydrogens is 709 g/mol. The molecule has 4 rings (SSSR count). The number of aliphatic hydroxyl groups is 1. The zero-order valence-electron chi connectivity index (χ0n) is 31.3. The van der Waals surface area contributed by atoms with Gasteiger partial charge < -0.3 is 26.2 Å². The number of nitrogens with zero attached hydrogens (tertiary/aromatic N) is 1. The van der Waals surface area contributed by atoms with Gasteiger partial charge in [-0.05, 0) is 84.3 Å². The summed E-state index contributed by atoms with van der Waals surface area (Å²) in [5.41, 5.74) is 2.29. The standard InChI is InChI=1S/C41H50N4O8S/c1-26(2)22-36(37(46)23-27(3)38(47)43-28(4)39(48)42-25-29-16-18-32(19-17-29)41(50)51)44-40(49)33-13-9-14-34(24-33)45(5)54(52,53)21-20-31-12-8-11-30-10-6-7-15-35(30)31/h6-19,24,26-28,36-37,46H,20-23,25H2,1-5H3,(H,42,48)(H,43,47)(H,44,49)(H,50,51)/t27-,28+,36+,37+/m1/s1. The van der Waals surface area contributed by atoms with Crippen molar-refractivity contribution in [1.29, 1.82) is 0 Å². The number of amides is 3. The molecule has 5 N–H and O–H groups in total. The molecule has 0 saturated heterocycles. The van der Waals surface area contributed by atoms with Crippen LogP contribution in [0.5, 0.6) is 0 Å². The van der Waals surface area contributed by atoms with Crippen LogP contribution in [0.4, 0.5) is 5.69 Å². The van der Waals surface area contributed by atoms with Crippen molar-refractivity contribution in [3.05, 3.63) is 113 Å². The Morgan fingerprint density at radius 2 is 1.44 bits per heavy atom. The highest BCUT2D eigenvalue weighted by Gasteiger charge is 2.29. The summed E-state index contributed by atoms with van der Waals surface area (Å²) in [6, 6.07) is 24.4. The SMILES string of the molecule is CC(C)C[C@H](NC(=O)c1cccc(N(C)S(=O)(=O)CCc2cccc3ccccc23)c1)[C@@H](O)C[C@@H](C)C(=O)N[C@@H](C)C(=O)NCc1ccc(C(=O)O)cc1. The number of anilines is 1. The second-order valence-electron chi connectivity index (χ2n) is 14.1. The molecule has 4 aromatic rings. The lowest BCUT2D eigenvalue weighted by Crippen LogP contribution is -2.48. The van der Waals surface area contributed by atoms with Gasteiger partial charge in [0.2, 0.25) is 21.8 Å². The molecule has 54 heavy (non-hydrogen) atoms. The maximum atomic E-state index is 13.5. The van der Waals surface area contributed by atoms with Crippen molar-refractivity contribution in [3.63, 3.8) is 0 Å². The second-order valence-corrected chi connectivity index (χ2v) is 16.2. The molecule has 12 nitrogen and oxygen atoms in total. The molecule has 0 aliphatic heterocycles. The van der Waals surface area contributed by atoms with Crippen LogP contribution in [0.25, 0.3) is 10.8 Å². The number of sulfonamides is 1. The van der Waals surface area contributed by atoms with Crippen LogP contribution in [0.1, 0.15) is 72.4 Å². The normalized spacial score (nSPS) is 13.8. The van der Waals surface area contributed by atoms with Gasteiger partial charge in [-0.15, -0.1) is 0 Å². The van der Waals surface area contributed by atoms with Gasteiger partial charge in [0.05, 0.1) is 29.1 Å². The van der Waals surface area contributed by atoms with E-state index in [1.165, 1.54) is 36.5 Å². The minimum absolute atomic E-state index is 0.00544. The largest absolute Gasteiger partial charge is 0.478 e. The average Bonchev–Trinajstić information content (AvgIpc) is 3.15. The highest BCUT2D eigenvalue weighted by molar-refractivity contribution is 7.92. The lowest BCUT2D eigenvalue weighted by atomic mass is 9.92. The molecule has 0 aromatic heterocycles. The third-order valence-electron chi connectivity index (χ3n) is 9.37. The van der Waals surface area contributed by atoms with Gasteiger partial charge in [-0.1, -0.05) is 81.4 Å². The van der Waals surface area contributed by atoms with E-state index in [-0.39, 0.29) is 35.8 Å². The predicted molar refractivity (Wildman–Crippen MR) is 210 cm³/mol. The van der Waals surface area contributed by atoms with Crippen LogP contribution >= 0.6 is 0 Å². The van der Waals surface area contributed by atoms with Crippen LogP contribution in [0, 0.1) is 11.8 Å². The monoisotopic (exact) mass is 758 g/mol. The van der Waals surface area contributed by atoms with Crippen LogP contribution in [0.15, 0.2) is 91.0 Å². The molecule has 0 fully saturated rings. The Labute approximate surface area is 317 Å². The fourth-order valence-electron chi connectivity index (χ4n) is 6.12. The zero-order valence-corrected chi connectivity index (χ0v) is 32.1. The van der Waals surface area contributed by atoms with E-state index >= 15 is 0 Å². The highest BCUT2D eigenvalue weighted by atomic mass is 32.2. The van der Waals surface area contributed by atoms with E-state index in [2.05, 4.69) is 16.0 Å². The Balaban J connectivity index is 1.33. The Bertz CT molecular complexity index is 2050. The summed E-state index contributed by atoms with van der Waals surface area (Å²) >= 11 is 0. The third kappa shape index (κ3) is 11.4. The van der Waals surface area contributed by atoms with Gasteiger partial charge in [-0.25, -0.2) is 13.2 Å². The maximum absolute atomic E-state index is 13.5. The molecule has 0 unspecified atom stereocenters. The molecule has 0 aliphatic rings. The molecule has 0 spiro atoms. The number of carboxylic acid groups (broad SMARTS) is 1. The summed E-state index contributed by atoms with van der Waals surface area (Å²) in [7, 11) is -2.29. The summed E-state index contributed by atoms with van der Waals surface area (Å²) in [5.74, 6) is -3.18. The molecule has 0 saturated carbocycles. The summed E-state index contributed by atoms with van der Waals surface area (Å²) < 4.78 is 28.0. The lowest BCUT2D eigenvalue weighted by Gasteiger charge is -2.28. The van der Waals surface area contributed by atoms with E-state index in [1.807, 2.05) is 56.3 Å². The molecule has 4 atom stereocenters. The molecule has 0 heterocycles. The predicted octanol–water partition coefficient (Wildman–Crippen LogP) is 4.90. The van der Waals surface area contributed by atoms with Crippen molar-refractivity contribution in [2.45, 2.75) is 71.7 Å². The van der Waals surface area contributed by atoms with Gasteiger partial charge in [0.1, 0.15) is 6.04 Å². The van der Waals surface area contributed by atoms with E-state index in [9.17, 15) is 32.7 Å². The molecule has 4 aromatic carbocycles. The fourth-order valence-corrected chi connectivity index (χ4v) is 7.31. The number of fused-ring (bicyclic) bond motifs is 1. The number of hydrogen-bond donors (Lipinski definition) is 5. The molecule has 0 radical (unpaired) electrons. The maximum Gasteiger partial charge on any atom is 0.335 e. The number of carboxylic acids is 1. The van der Waals surface area contributed by atoms with Crippen LogP contribution in [0.2, 0.25) is 0 Å². The van der Waals surface area contributed by atoms with Gasteiger partial charge >= 0.3 is 5.97 Å². The lowest BCUT2D eigenvalue weighted by molar-refractivity contribution is -0.131. The number of carbonyl (C=O) groups is 4. The molecular formula is C41H50N4O8S. The topological polar surface area (TPSA) is 182 Å². The zero-order chi connectivity index (χ0) is 39.6. The van der Waals surface area contributed by atoms with Crippen LogP contribution < -0.4 is 20.3 Å². The van der Waals surface area contributed by atoms with Gasteiger partial charge in [0.25, 0.3) is 5.91 Å². The Morgan fingerprint density at radius 1 is 0.778 bits per heavy atom. The van der Waals surface area contributed by atoms with E-state index in [1.54, 1.807) is 37.3 Å². The molecule has 0 aliphatic carbocycles. The number of nitrogens with one attached hydrogen (secondary N) is 3. The minimum atomic E-state index is -3.75. The third-order valence-corrected chi connectivity index (χ3v) is 11.1. The van der Waals surface area contributed by atoms with E-state index in [4.69, 9.17) is 5.11 Å². The van der Waals surface area contributed by atoms with Crippen molar-refractivity contribution in [2.75, 3.05) is 17.1 Å². The van der Waals surface area contributed by atoms with Crippen molar-refractivity contribution in [3.8, 4) is 0 Å². The van der Waals surface area contributed by atoms with Gasteiger partial charge in [-0.3, -0.25) is 18.7 Å². The van der Waals surface area contributed by atoms with E-state index < -0.39 is 57.8 Å². The first-order chi connectivity index (χ1) is 25.5. The Hall–Kier alpha value is -5.27. The van der Waals surface area contributed by atoms with Crippen LogP contribution in [0.3, 0.4) is 0 Å². The first-order valence-electron chi connectivity index (χ1n) is 18.0. The van der Waals surface area contributed by atoms with Gasteiger partial charge in [0, 0.05) is 25.1 Å². The first-order valence-corrected chi connectivity index (χ1v) is 19.6. The number of carbonyl (C=O) groups excluding carboxylic acids is 3. The van der Waals surface area contributed by atoms with Crippen LogP contribution in [-0.2, 0) is 32.6 Å².